The molecule has 0 radical (unpaired) electrons. The van der Waals surface area contributed by atoms with Crippen LogP contribution < -0.4 is 14.4 Å². The van der Waals surface area contributed by atoms with E-state index in [1.165, 1.54) is 0 Å². The number of anilines is 1. The van der Waals surface area contributed by atoms with Crippen LogP contribution in [-0.2, 0) is 14.8 Å². The number of para-hydroxylation sites is 1. The van der Waals surface area contributed by atoms with E-state index in [0.29, 0.717) is 12.3 Å². The molecule has 0 fully saturated rings. The first-order chi connectivity index (χ1) is 12.7. The standard InChI is InChI=1S/C20H26N2O4S/c1-15-12-16(2)14-19(13-15)26-11-10-21-20(23)17(3)22(27(4,24)25)18-8-6-5-7-9-18/h5-9,12-14,17H,10-11H2,1-4H3,(H,21,23). The van der Waals surface area contributed by atoms with Crippen LogP contribution in [-0.4, -0.2) is 39.8 Å². The van der Waals surface area contributed by atoms with Gasteiger partial charge in [-0.3, -0.25) is 9.10 Å². The Labute approximate surface area is 161 Å². The number of carbonyl (C=O) groups is 1. The molecule has 1 N–H and O–H groups in total. The van der Waals surface area contributed by atoms with E-state index < -0.39 is 16.1 Å². The number of carbonyl (C=O) groups excluding carboxylic acids is 1. The summed E-state index contributed by atoms with van der Waals surface area (Å²) in [4.78, 5) is 12.5. The van der Waals surface area contributed by atoms with Gasteiger partial charge in [-0.2, -0.15) is 0 Å². The van der Waals surface area contributed by atoms with E-state index in [-0.39, 0.29) is 12.5 Å². The van der Waals surface area contributed by atoms with Crippen LogP contribution in [0.2, 0.25) is 0 Å². The van der Waals surface area contributed by atoms with Gasteiger partial charge in [-0.15, -0.1) is 0 Å². The van der Waals surface area contributed by atoms with Gasteiger partial charge in [0.15, 0.2) is 0 Å². The Morgan fingerprint density at radius 2 is 1.70 bits per heavy atom. The summed E-state index contributed by atoms with van der Waals surface area (Å²) in [5.74, 6) is 0.366. The number of hydrogen-bond acceptors (Lipinski definition) is 4. The Morgan fingerprint density at radius 1 is 1.11 bits per heavy atom. The van der Waals surface area contributed by atoms with Crippen molar-refractivity contribution in [2.45, 2.75) is 26.8 Å². The summed E-state index contributed by atoms with van der Waals surface area (Å²) in [6.07, 6.45) is 1.09. The lowest BCUT2D eigenvalue weighted by Gasteiger charge is -2.28. The molecule has 0 heterocycles. The van der Waals surface area contributed by atoms with Crippen LogP contribution in [0.5, 0.6) is 5.75 Å². The minimum absolute atomic E-state index is 0.280. The Morgan fingerprint density at radius 3 is 2.26 bits per heavy atom. The molecule has 2 rings (SSSR count). The summed E-state index contributed by atoms with van der Waals surface area (Å²) in [5.41, 5.74) is 2.66. The second-order valence-corrected chi connectivity index (χ2v) is 8.39. The van der Waals surface area contributed by atoms with Crippen molar-refractivity contribution in [2.75, 3.05) is 23.7 Å². The van der Waals surface area contributed by atoms with Crippen LogP contribution in [0.4, 0.5) is 5.69 Å². The highest BCUT2D eigenvalue weighted by molar-refractivity contribution is 7.92. The molecule has 1 amide bonds. The zero-order chi connectivity index (χ0) is 20.0. The van der Waals surface area contributed by atoms with Gasteiger partial charge in [-0.1, -0.05) is 24.3 Å². The fourth-order valence-corrected chi connectivity index (χ4v) is 4.07. The van der Waals surface area contributed by atoms with Gasteiger partial charge in [-0.25, -0.2) is 8.42 Å². The summed E-state index contributed by atoms with van der Waals surface area (Å²) in [6.45, 7) is 6.13. The van der Waals surface area contributed by atoms with Crippen molar-refractivity contribution in [2.24, 2.45) is 0 Å². The summed E-state index contributed by atoms with van der Waals surface area (Å²) >= 11 is 0. The van der Waals surface area contributed by atoms with E-state index in [0.717, 1.165) is 27.4 Å². The van der Waals surface area contributed by atoms with E-state index in [9.17, 15) is 13.2 Å². The number of sulfonamides is 1. The topological polar surface area (TPSA) is 75.7 Å². The minimum Gasteiger partial charge on any atom is -0.492 e. The van der Waals surface area contributed by atoms with Crippen LogP contribution in [0.3, 0.4) is 0 Å². The SMILES string of the molecule is Cc1cc(C)cc(OCCNC(=O)C(C)N(c2ccccc2)S(C)(=O)=O)c1. The van der Waals surface area contributed by atoms with Gasteiger partial charge in [0.2, 0.25) is 15.9 Å². The minimum atomic E-state index is -3.60. The molecule has 0 aliphatic heterocycles. The van der Waals surface area contributed by atoms with Crippen molar-refractivity contribution in [3.63, 3.8) is 0 Å². The highest BCUT2D eigenvalue weighted by Crippen LogP contribution is 2.20. The molecule has 7 heteroatoms. The average Bonchev–Trinajstić information content (AvgIpc) is 2.57. The van der Waals surface area contributed by atoms with Gasteiger partial charge >= 0.3 is 0 Å². The van der Waals surface area contributed by atoms with Gasteiger partial charge in [0.1, 0.15) is 18.4 Å². The number of benzene rings is 2. The molecular weight excluding hydrogens is 364 g/mol. The molecule has 2 aromatic rings. The van der Waals surface area contributed by atoms with Gasteiger partial charge in [0.25, 0.3) is 0 Å². The molecule has 0 bridgehead atoms. The Kier molecular flexibility index (Phi) is 6.85. The highest BCUT2D eigenvalue weighted by Gasteiger charge is 2.28. The number of hydrogen-bond donors (Lipinski definition) is 1. The van der Waals surface area contributed by atoms with Gasteiger partial charge in [0.05, 0.1) is 18.5 Å². The predicted molar refractivity (Wildman–Crippen MR) is 108 cm³/mol. The van der Waals surface area contributed by atoms with E-state index in [4.69, 9.17) is 4.74 Å². The smallest absolute Gasteiger partial charge is 0.243 e. The van der Waals surface area contributed by atoms with Crippen LogP contribution in [0.15, 0.2) is 48.5 Å². The monoisotopic (exact) mass is 390 g/mol. The summed E-state index contributed by atoms with van der Waals surface area (Å²) in [5, 5.41) is 2.73. The van der Waals surface area contributed by atoms with Crippen molar-refractivity contribution >= 4 is 21.6 Å². The van der Waals surface area contributed by atoms with Crippen LogP contribution in [0, 0.1) is 13.8 Å². The van der Waals surface area contributed by atoms with E-state index in [1.54, 1.807) is 37.3 Å². The molecule has 2 aromatic carbocycles. The van der Waals surface area contributed by atoms with Gasteiger partial charge in [-0.05, 0) is 56.2 Å². The second-order valence-electron chi connectivity index (χ2n) is 6.53. The Balaban J connectivity index is 1.95. The third-order valence-corrected chi connectivity index (χ3v) is 5.21. The molecule has 0 saturated heterocycles. The Hall–Kier alpha value is -2.54. The van der Waals surface area contributed by atoms with Gasteiger partial charge < -0.3 is 10.1 Å². The van der Waals surface area contributed by atoms with Crippen molar-refractivity contribution in [1.29, 1.82) is 0 Å². The van der Waals surface area contributed by atoms with E-state index >= 15 is 0 Å². The number of nitrogens with one attached hydrogen (secondary N) is 1. The third kappa shape index (κ3) is 5.99. The maximum atomic E-state index is 12.5. The first-order valence-electron chi connectivity index (χ1n) is 8.72. The lowest BCUT2D eigenvalue weighted by Crippen LogP contribution is -2.48. The quantitative estimate of drug-likeness (QED) is 0.703. The third-order valence-electron chi connectivity index (χ3n) is 3.96. The van der Waals surface area contributed by atoms with Crippen molar-refractivity contribution in [3.8, 4) is 5.75 Å². The zero-order valence-corrected chi connectivity index (χ0v) is 16.9. The predicted octanol–water partition coefficient (Wildman–Crippen LogP) is 2.65. The maximum Gasteiger partial charge on any atom is 0.243 e. The van der Waals surface area contributed by atoms with Crippen molar-refractivity contribution < 1.29 is 17.9 Å². The van der Waals surface area contributed by atoms with Crippen molar-refractivity contribution in [3.05, 3.63) is 59.7 Å². The first-order valence-corrected chi connectivity index (χ1v) is 10.6. The van der Waals surface area contributed by atoms with Crippen LogP contribution in [0.1, 0.15) is 18.1 Å². The fraction of sp³-hybridized carbons (Fsp3) is 0.350. The van der Waals surface area contributed by atoms with Crippen molar-refractivity contribution in [1.82, 2.24) is 5.32 Å². The lowest BCUT2D eigenvalue weighted by atomic mass is 10.1. The molecule has 0 aromatic heterocycles. The number of aryl methyl sites for hydroxylation is 2. The second kappa shape index (κ2) is 8.90. The van der Waals surface area contributed by atoms with E-state index in [1.807, 2.05) is 26.0 Å². The average molecular weight is 391 g/mol. The summed E-state index contributed by atoms with van der Waals surface area (Å²) in [7, 11) is -3.60. The van der Waals surface area contributed by atoms with Crippen LogP contribution in [0.25, 0.3) is 0 Å². The molecule has 6 nitrogen and oxygen atoms in total. The molecule has 0 aliphatic rings. The highest BCUT2D eigenvalue weighted by atomic mass is 32.2. The molecule has 0 spiro atoms. The molecular formula is C20H26N2O4S. The Bertz CT molecular complexity index is 862. The number of rotatable bonds is 8. The largest absolute Gasteiger partial charge is 0.492 e. The number of nitrogens with zero attached hydrogens (tertiary/aromatic N) is 1. The fourth-order valence-electron chi connectivity index (χ4n) is 2.89. The normalized spacial score (nSPS) is 12.3. The molecule has 0 aliphatic carbocycles. The molecule has 1 atom stereocenters. The molecule has 0 saturated carbocycles. The summed E-state index contributed by atoms with van der Waals surface area (Å²) in [6, 6.07) is 13.6. The van der Waals surface area contributed by atoms with E-state index in [2.05, 4.69) is 11.4 Å². The maximum absolute atomic E-state index is 12.5. The number of amides is 1. The molecule has 27 heavy (non-hydrogen) atoms. The number of ether oxygens (including phenoxy) is 1. The van der Waals surface area contributed by atoms with Gasteiger partial charge in [0, 0.05) is 0 Å². The zero-order valence-electron chi connectivity index (χ0n) is 16.1. The molecule has 1 unspecified atom stereocenters. The van der Waals surface area contributed by atoms with Crippen LogP contribution >= 0.6 is 0 Å². The molecule has 146 valence electrons. The lowest BCUT2D eigenvalue weighted by molar-refractivity contribution is -0.121. The summed E-state index contributed by atoms with van der Waals surface area (Å²) < 4.78 is 31.1. The first kappa shape index (κ1) is 20.8.